The number of hydrogen-bond donors (Lipinski definition) is 0. The molecule has 0 N–H and O–H groups in total. The molecule has 3 heteroatoms. The van der Waals surface area contributed by atoms with E-state index in [0.717, 1.165) is 36.7 Å². The molecule has 0 aliphatic carbocycles. The number of hydrogen-bond acceptors (Lipinski definition) is 2. The van der Waals surface area contributed by atoms with E-state index in [1.54, 1.807) is 0 Å². The molecular formula is C29H29N3. The molecule has 2 heterocycles. The summed E-state index contributed by atoms with van der Waals surface area (Å²) in [4.78, 5) is 7.71. The first-order chi connectivity index (χ1) is 15.7. The molecule has 3 aromatic carbocycles. The molecule has 0 aliphatic rings. The van der Waals surface area contributed by atoms with E-state index >= 15 is 0 Å². The lowest BCUT2D eigenvalue weighted by atomic mass is 10.0. The first-order valence-electron chi connectivity index (χ1n) is 11.5. The van der Waals surface area contributed by atoms with Crippen LogP contribution in [0.2, 0.25) is 0 Å². The van der Waals surface area contributed by atoms with Crippen molar-refractivity contribution in [1.82, 2.24) is 9.38 Å². The zero-order valence-electron chi connectivity index (χ0n) is 19.0. The average Bonchev–Trinajstić information content (AvgIpc) is 3.23. The molecule has 0 unspecified atom stereocenters. The number of benzene rings is 3. The second kappa shape index (κ2) is 8.51. The van der Waals surface area contributed by atoms with Crippen LogP contribution in [0.3, 0.4) is 0 Å². The predicted octanol–water partition coefficient (Wildman–Crippen LogP) is 7.05. The van der Waals surface area contributed by atoms with Crippen molar-refractivity contribution in [3.05, 3.63) is 102 Å². The van der Waals surface area contributed by atoms with Gasteiger partial charge in [-0.1, -0.05) is 85.3 Å². The van der Waals surface area contributed by atoms with Gasteiger partial charge in [-0.3, -0.25) is 4.40 Å². The maximum absolute atomic E-state index is 5.27. The Balaban J connectivity index is 1.76. The average molecular weight is 420 g/mol. The molecule has 0 saturated heterocycles. The van der Waals surface area contributed by atoms with E-state index in [9.17, 15) is 0 Å². The van der Waals surface area contributed by atoms with E-state index in [2.05, 4.69) is 115 Å². The van der Waals surface area contributed by atoms with Crippen molar-refractivity contribution in [2.24, 2.45) is 0 Å². The highest BCUT2D eigenvalue weighted by molar-refractivity contribution is 5.97. The van der Waals surface area contributed by atoms with E-state index in [1.807, 2.05) is 0 Å². The van der Waals surface area contributed by atoms with E-state index in [-0.39, 0.29) is 0 Å². The van der Waals surface area contributed by atoms with Gasteiger partial charge >= 0.3 is 0 Å². The van der Waals surface area contributed by atoms with Crippen molar-refractivity contribution < 1.29 is 0 Å². The van der Waals surface area contributed by atoms with Gasteiger partial charge in [-0.15, -0.1) is 0 Å². The SMILES string of the molecule is CCc1ccccc1-c1nc2c3ccccc3ccn2c1N(CC)Cc1ccc(C)cc1. The summed E-state index contributed by atoms with van der Waals surface area (Å²) in [5.41, 5.74) is 7.22. The van der Waals surface area contributed by atoms with Gasteiger partial charge in [0.1, 0.15) is 17.2 Å². The van der Waals surface area contributed by atoms with Crippen molar-refractivity contribution in [1.29, 1.82) is 0 Å². The highest BCUT2D eigenvalue weighted by Gasteiger charge is 2.22. The third-order valence-electron chi connectivity index (χ3n) is 6.32. The number of pyridine rings is 1. The molecule has 0 radical (unpaired) electrons. The topological polar surface area (TPSA) is 20.5 Å². The zero-order chi connectivity index (χ0) is 22.1. The summed E-state index contributed by atoms with van der Waals surface area (Å²) in [6.45, 7) is 8.32. The fraction of sp³-hybridized carbons (Fsp3) is 0.207. The molecule has 0 fully saturated rings. The zero-order valence-corrected chi connectivity index (χ0v) is 19.0. The number of fused-ring (bicyclic) bond motifs is 3. The second-order valence-electron chi connectivity index (χ2n) is 8.39. The molecule has 0 bridgehead atoms. The molecule has 160 valence electrons. The third kappa shape index (κ3) is 3.54. The van der Waals surface area contributed by atoms with Crippen LogP contribution in [0, 0.1) is 6.92 Å². The smallest absolute Gasteiger partial charge is 0.147 e. The van der Waals surface area contributed by atoms with Crippen LogP contribution in [0.5, 0.6) is 0 Å². The summed E-state index contributed by atoms with van der Waals surface area (Å²) in [5.74, 6) is 1.16. The van der Waals surface area contributed by atoms with Gasteiger partial charge in [0, 0.05) is 30.2 Å². The van der Waals surface area contributed by atoms with Crippen LogP contribution >= 0.6 is 0 Å². The first-order valence-corrected chi connectivity index (χ1v) is 11.5. The fourth-order valence-electron chi connectivity index (χ4n) is 4.55. The van der Waals surface area contributed by atoms with Crippen LogP contribution in [0.1, 0.15) is 30.5 Å². The molecule has 0 amide bonds. The molecule has 0 spiro atoms. The monoisotopic (exact) mass is 419 g/mol. The Hall–Kier alpha value is -3.59. The lowest BCUT2D eigenvalue weighted by Crippen LogP contribution is -2.24. The van der Waals surface area contributed by atoms with Crippen LogP contribution in [-0.2, 0) is 13.0 Å². The van der Waals surface area contributed by atoms with Crippen molar-refractivity contribution in [3.63, 3.8) is 0 Å². The number of anilines is 1. The fourth-order valence-corrected chi connectivity index (χ4v) is 4.55. The molecule has 0 saturated carbocycles. The summed E-state index contributed by atoms with van der Waals surface area (Å²) < 4.78 is 2.28. The van der Waals surface area contributed by atoms with Gasteiger partial charge in [0.2, 0.25) is 0 Å². The lowest BCUT2D eigenvalue weighted by Gasteiger charge is -2.24. The first kappa shape index (κ1) is 20.3. The minimum absolute atomic E-state index is 0.846. The van der Waals surface area contributed by atoms with Crippen LogP contribution < -0.4 is 4.90 Å². The second-order valence-corrected chi connectivity index (χ2v) is 8.39. The maximum atomic E-state index is 5.27. The highest BCUT2D eigenvalue weighted by atomic mass is 15.2. The number of nitrogens with zero attached hydrogens (tertiary/aromatic N) is 3. The van der Waals surface area contributed by atoms with Gasteiger partial charge in [-0.05, 0) is 42.8 Å². The Labute approximate surface area is 190 Å². The molecule has 2 aromatic heterocycles. The van der Waals surface area contributed by atoms with Crippen molar-refractivity contribution >= 4 is 22.2 Å². The van der Waals surface area contributed by atoms with Gasteiger partial charge in [-0.2, -0.15) is 0 Å². The Morgan fingerprint density at radius 3 is 2.38 bits per heavy atom. The quantitative estimate of drug-likeness (QED) is 0.294. The minimum atomic E-state index is 0.846. The number of rotatable bonds is 6. The molecule has 5 aromatic rings. The molecule has 3 nitrogen and oxygen atoms in total. The van der Waals surface area contributed by atoms with Gasteiger partial charge < -0.3 is 4.90 Å². The van der Waals surface area contributed by atoms with E-state index in [4.69, 9.17) is 4.98 Å². The Kier molecular flexibility index (Phi) is 5.40. The van der Waals surface area contributed by atoms with E-state index in [0.29, 0.717) is 0 Å². The lowest BCUT2D eigenvalue weighted by molar-refractivity contribution is 0.809. The summed E-state index contributed by atoms with van der Waals surface area (Å²) in [5, 5.41) is 2.40. The molecule has 32 heavy (non-hydrogen) atoms. The van der Waals surface area contributed by atoms with E-state index in [1.165, 1.54) is 33.0 Å². The summed E-state index contributed by atoms with van der Waals surface area (Å²) >= 11 is 0. The number of aromatic nitrogens is 2. The van der Waals surface area contributed by atoms with Gasteiger partial charge in [0.15, 0.2) is 0 Å². The Morgan fingerprint density at radius 1 is 0.844 bits per heavy atom. The van der Waals surface area contributed by atoms with Gasteiger partial charge in [0.05, 0.1) is 0 Å². The standard InChI is InChI=1S/C29H29N3/c1-4-23-10-6-8-12-25(23)27-29(31(5-2)20-22-16-14-21(3)15-17-22)32-19-18-24-11-7-9-13-26(24)28(32)30-27/h6-19H,4-5,20H2,1-3H3. The molecule has 5 rings (SSSR count). The molecule has 0 aliphatic heterocycles. The largest absolute Gasteiger partial charge is 0.352 e. The van der Waals surface area contributed by atoms with Crippen LogP contribution in [0.25, 0.3) is 27.7 Å². The Morgan fingerprint density at radius 2 is 1.59 bits per heavy atom. The minimum Gasteiger partial charge on any atom is -0.352 e. The normalized spacial score (nSPS) is 11.3. The summed E-state index contributed by atoms with van der Waals surface area (Å²) in [6.07, 6.45) is 3.16. The highest BCUT2D eigenvalue weighted by Crippen LogP contribution is 2.36. The summed E-state index contributed by atoms with van der Waals surface area (Å²) in [7, 11) is 0. The van der Waals surface area contributed by atoms with Crippen LogP contribution in [0.15, 0.2) is 85.1 Å². The maximum Gasteiger partial charge on any atom is 0.147 e. The third-order valence-corrected chi connectivity index (χ3v) is 6.32. The molecule has 0 atom stereocenters. The van der Waals surface area contributed by atoms with Crippen molar-refractivity contribution in [2.75, 3.05) is 11.4 Å². The Bertz CT molecular complexity index is 1380. The van der Waals surface area contributed by atoms with Gasteiger partial charge in [0.25, 0.3) is 0 Å². The predicted molar refractivity (Wildman–Crippen MR) is 135 cm³/mol. The van der Waals surface area contributed by atoms with Gasteiger partial charge in [-0.25, -0.2) is 4.98 Å². The van der Waals surface area contributed by atoms with Crippen LogP contribution in [0.4, 0.5) is 5.82 Å². The summed E-state index contributed by atoms with van der Waals surface area (Å²) in [6, 6.07) is 28.2. The van der Waals surface area contributed by atoms with Crippen molar-refractivity contribution in [3.8, 4) is 11.3 Å². The van der Waals surface area contributed by atoms with E-state index < -0.39 is 0 Å². The van der Waals surface area contributed by atoms with Crippen LogP contribution in [-0.4, -0.2) is 15.9 Å². The molecular weight excluding hydrogens is 390 g/mol. The number of aryl methyl sites for hydroxylation is 2. The number of imidazole rings is 1. The van der Waals surface area contributed by atoms with Crippen molar-refractivity contribution in [2.45, 2.75) is 33.7 Å².